The second-order valence-corrected chi connectivity index (χ2v) is 6.87. The zero-order valence-corrected chi connectivity index (χ0v) is 16.7. The van der Waals surface area contributed by atoms with Crippen LogP contribution in [0.2, 0.25) is 5.02 Å². The highest BCUT2D eigenvalue weighted by atomic mass is 35.5. The summed E-state index contributed by atoms with van der Waals surface area (Å²) in [5, 5.41) is 4.42. The minimum absolute atomic E-state index is 0.113. The lowest BCUT2D eigenvalue weighted by Gasteiger charge is -2.06. The Bertz CT molecular complexity index is 1360. The number of imidazole rings is 1. The summed E-state index contributed by atoms with van der Waals surface area (Å²) in [6.45, 7) is -0.509. The van der Waals surface area contributed by atoms with E-state index in [1.54, 1.807) is 24.3 Å². The Morgan fingerprint density at radius 2 is 1.90 bits per heavy atom. The molecule has 0 atom stereocenters. The Kier molecular flexibility index (Phi) is 4.96. The molecule has 30 heavy (non-hydrogen) atoms. The summed E-state index contributed by atoms with van der Waals surface area (Å²) in [5.74, 6) is -0.193. The van der Waals surface area contributed by atoms with Gasteiger partial charge in [0.15, 0.2) is 17.8 Å². The minimum Gasteiger partial charge on any atom is -0.454 e. The Morgan fingerprint density at radius 1 is 1.17 bits per heavy atom. The van der Waals surface area contributed by atoms with E-state index in [-0.39, 0.29) is 30.2 Å². The molecule has 0 aliphatic heterocycles. The number of hydrogen-bond donors (Lipinski definition) is 0. The predicted molar refractivity (Wildman–Crippen MR) is 105 cm³/mol. The maximum atomic E-state index is 12.4. The zero-order valence-electron chi connectivity index (χ0n) is 15.9. The fourth-order valence-electron chi connectivity index (χ4n) is 2.87. The van der Waals surface area contributed by atoms with Crippen LogP contribution in [0.1, 0.15) is 5.89 Å². The summed E-state index contributed by atoms with van der Waals surface area (Å²) >= 11 is 5.85. The van der Waals surface area contributed by atoms with Gasteiger partial charge in [0.2, 0.25) is 5.82 Å². The predicted octanol–water partition coefficient (Wildman–Crippen LogP) is 0.880. The molecule has 12 heteroatoms. The van der Waals surface area contributed by atoms with Crippen molar-refractivity contribution in [1.82, 2.24) is 28.8 Å². The third-order valence-corrected chi connectivity index (χ3v) is 4.70. The van der Waals surface area contributed by atoms with Gasteiger partial charge >= 0.3 is 11.7 Å². The summed E-state index contributed by atoms with van der Waals surface area (Å²) in [4.78, 5) is 44.8. The number of nitrogens with zero attached hydrogens (tertiary/aromatic N) is 6. The van der Waals surface area contributed by atoms with E-state index in [1.807, 2.05) is 0 Å². The third kappa shape index (κ3) is 3.50. The number of halogens is 1. The lowest BCUT2D eigenvalue weighted by molar-refractivity contribution is -0.146. The Balaban J connectivity index is 1.47. The Hall–Kier alpha value is -3.73. The first-order chi connectivity index (χ1) is 14.3. The molecule has 0 saturated carbocycles. The van der Waals surface area contributed by atoms with Crippen molar-refractivity contribution < 1.29 is 14.1 Å². The van der Waals surface area contributed by atoms with Gasteiger partial charge < -0.3 is 13.8 Å². The Morgan fingerprint density at radius 3 is 2.63 bits per heavy atom. The summed E-state index contributed by atoms with van der Waals surface area (Å²) in [7, 11) is 2.85. The first-order valence-corrected chi connectivity index (χ1v) is 9.08. The molecule has 4 aromatic rings. The van der Waals surface area contributed by atoms with E-state index < -0.39 is 17.2 Å². The van der Waals surface area contributed by atoms with E-state index in [9.17, 15) is 14.4 Å². The van der Waals surface area contributed by atoms with Gasteiger partial charge in [0.1, 0.15) is 6.54 Å². The van der Waals surface area contributed by atoms with Crippen LogP contribution in [0.15, 0.2) is 44.7 Å². The summed E-state index contributed by atoms with van der Waals surface area (Å²) in [6, 6.07) is 6.87. The SMILES string of the molecule is Cn1c(=O)c2c(ncn2CC(=O)OCc2nc(-c3ccc(Cl)cc3)no2)n(C)c1=O. The molecule has 1 aromatic carbocycles. The van der Waals surface area contributed by atoms with Gasteiger partial charge in [-0.1, -0.05) is 16.8 Å². The monoisotopic (exact) mass is 430 g/mol. The van der Waals surface area contributed by atoms with Gasteiger partial charge in [-0.05, 0) is 24.3 Å². The molecular weight excluding hydrogens is 416 g/mol. The smallest absolute Gasteiger partial charge is 0.332 e. The van der Waals surface area contributed by atoms with Crippen molar-refractivity contribution in [2.45, 2.75) is 13.2 Å². The van der Waals surface area contributed by atoms with Crippen LogP contribution in [0.5, 0.6) is 0 Å². The lowest BCUT2D eigenvalue weighted by atomic mass is 10.2. The van der Waals surface area contributed by atoms with Crippen molar-refractivity contribution in [2.75, 3.05) is 0 Å². The molecular formula is C18H15ClN6O5. The van der Waals surface area contributed by atoms with Gasteiger partial charge in [-0.15, -0.1) is 0 Å². The zero-order chi connectivity index (χ0) is 21.4. The van der Waals surface area contributed by atoms with Crippen molar-refractivity contribution in [3.8, 4) is 11.4 Å². The average molecular weight is 431 g/mol. The number of esters is 1. The van der Waals surface area contributed by atoms with Crippen molar-refractivity contribution in [2.24, 2.45) is 14.1 Å². The molecule has 0 aliphatic carbocycles. The number of aryl methyl sites for hydroxylation is 1. The molecule has 154 valence electrons. The molecule has 0 spiro atoms. The first-order valence-electron chi connectivity index (χ1n) is 8.70. The molecule has 3 aromatic heterocycles. The van der Waals surface area contributed by atoms with Crippen molar-refractivity contribution in [3.05, 3.63) is 62.3 Å². The fourth-order valence-corrected chi connectivity index (χ4v) is 3.00. The van der Waals surface area contributed by atoms with Crippen LogP contribution >= 0.6 is 11.6 Å². The first kappa shape index (κ1) is 19.6. The number of benzene rings is 1. The van der Waals surface area contributed by atoms with Crippen LogP contribution in [0, 0.1) is 0 Å². The molecule has 4 rings (SSSR count). The molecule has 0 amide bonds. The normalized spacial score (nSPS) is 11.2. The van der Waals surface area contributed by atoms with Crippen molar-refractivity contribution in [3.63, 3.8) is 0 Å². The number of fused-ring (bicyclic) bond motifs is 1. The Labute approximate surface area is 173 Å². The molecule has 0 N–H and O–H groups in total. The largest absolute Gasteiger partial charge is 0.454 e. The van der Waals surface area contributed by atoms with Crippen LogP contribution in [0.4, 0.5) is 0 Å². The molecule has 0 fully saturated rings. The molecule has 0 radical (unpaired) electrons. The minimum atomic E-state index is -0.642. The van der Waals surface area contributed by atoms with Crippen LogP contribution < -0.4 is 11.2 Å². The number of aromatic nitrogens is 6. The molecule has 0 saturated heterocycles. The van der Waals surface area contributed by atoms with E-state index in [0.29, 0.717) is 16.4 Å². The van der Waals surface area contributed by atoms with E-state index >= 15 is 0 Å². The molecule has 0 bridgehead atoms. The van der Waals surface area contributed by atoms with Gasteiger partial charge in [-0.3, -0.25) is 18.7 Å². The molecule has 11 nitrogen and oxygen atoms in total. The van der Waals surface area contributed by atoms with E-state index in [4.69, 9.17) is 20.9 Å². The maximum Gasteiger partial charge on any atom is 0.332 e. The second kappa shape index (κ2) is 7.59. The quantitative estimate of drug-likeness (QED) is 0.427. The standard InChI is InChI=1S/C18H15ClN6O5/c1-23-16-14(17(27)24(2)18(23)28)25(9-20-16)7-13(26)29-8-12-21-15(22-30-12)10-3-5-11(19)6-4-10/h3-6,9H,7-8H2,1-2H3. The van der Waals surface area contributed by atoms with E-state index in [0.717, 1.165) is 4.57 Å². The van der Waals surface area contributed by atoms with Crippen LogP contribution in [0.25, 0.3) is 22.6 Å². The number of hydrogen-bond acceptors (Lipinski definition) is 8. The number of ether oxygens (including phenoxy) is 1. The third-order valence-electron chi connectivity index (χ3n) is 4.44. The van der Waals surface area contributed by atoms with Gasteiger partial charge in [0, 0.05) is 24.7 Å². The number of carbonyl (C=O) groups is 1. The average Bonchev–Trinajstić information content (AvgIpc) is 3.37. The highest BCUT2D eigenvalue weighted by Crippen LogP contribution is 2.18. The van der Waals surface area contributed by atoms with Gasteiger partial charge in [0.25, 0.3) is 11.4 Å². The second-order valence-electron chi connectivity index (χ2n) is 6.43. The van der Waals surface area contributed by atoms with E-state index in [2.05, 4.69) is 15.1 Å². The van der Waals surface area contributed by atoms with Crippen LogP contribution in [-0.4, -0.2) is 34.8 Å². The lowest BCUT2D eigenvalue weighted by Crippen LogP contribution is -2.37. The highest BCUT2D eigenvalue weighted by molar-refractivity contribution is 6.30. The highest BCUT2D eigenvalue weighted by Gasteiger charge is 2.17. The molecule has 0 aliphatic rings. The fraction of sp³-hybridized carbons (Fsp3) is 0.222. The molecule has 3 heterocycles. The van der Waals surface area contributed by atoms with Gasteiger partial charge in [-0.2, -0.15) is 4.98 Å². The summed E-state index contributed by atoms with van der Waals surface area (Å²) < 4.78 is 13.8. The van der Waals surface area contributed by atoms with Crippen molar-refractivity contribution in [1.29, 1.82) is 0 Å². The summed E-state index contributed by atoms with van der Waals surface area (Å²) in [6.07, 6.45) is 1.30. The number of carbonyl (C=O) groups excluding carboxylic acids is 1. The van der Waals surface area contributed by atoms with Gasteiger partial charge in [0.05, 0.1) is 6.33 Å². The van der Waals surface area contributed by atoms with E-state index in [1.165, 1.54) is 29.6 Å². The molecule has 0 unspecified atom stereocenters. The van der Waals surface area contributed by atoms with Crippen LogP contribution in [0.3, 0.4) is 0 Å². The van der Waals surface area contributed by atoms with Crippen LogP contribution in [-0.2, 0) is 36.8 Å². The maximum absolute atomic E-state index is 12.4. The van der Waals surface area contributed by atoms with Gasteiger partial charge in [-0.25, -0.2) is 9.78 Å². The van der Waals surface area contributed by atoms with Crippen molar-refractivity contribution >= 4 is 28.7 Å². The number of rotatable bonds is 5. The topological polar surface area (TPSA) is 127 Å². The summed E-state index contributed by atoms with van der Waals surface area (Å²) in [5.41, 5.74) is -0.0528.